The molecular weight excluding hydrogens is 276 g/mol. The Morgan fingerprint density at radius 1 is 1.55 bits per heavy atom. The van der Waals surface area contributed by atoms with Gasteiger partial charge in [0.1, 0.15) is 6.04 Å². The SMILES string of the molecule is Cc1nc(/C=C/C(=O)N2CCCC(C)C2C(=O)O)cs1. The van der Waals surface area contributed by atoms with Crippen LogP contribution in [-0.2, 0) is 9.59 Å². The molecule has 2 unspecified atom stereocenters. The van der Waals surface area contributed by atoms with Gasteiger partial charge < -0.3 is 10.0 Å². The van der Waals surface area contributed by atoms with Crippen molar-refractivity contribution in [3.63, 3.8) is 0 Å². The maximum absolute atomic E-state index is 12.2. The van der Waals surface area contributed by atoms with Crippen LogP contribution < -0.4 is 0 Å². The summed E-state index contributed by atoms with van der Waals surface area (Å²) >= 11 is 1.52. The minimum absolute atomic E-state index is 0.0138. The first-order valence-electron chi connectivity index (χ1n) is 6.62. The third kappa shape index (κ3) is 3.25. The zero-order valence-corrected chi connectivity index (χ0v) is 12.4. The van der Waals surface area contributed by atoms with Gasteiger partial charge in [-0.05, 0) is 31.8 Å². The van der Waals surface area contributed by atoms with Gasteiger partial charge in [0.15, 0.2) is 0 Å². The Balaban J connectivity index is 2.10. The van der Waals surface area contributed by atoms with Crippen LogP contribution in [0.25, 0.3) is 6.08 Å². The normalized spacial score (nSPS) is 23.2. The third-order valence-corrected chi connectivity index (χ3v) is 4.29. The quantitative estimate of drug-likeness (QED) is 0.867. The largest absolute Gasteiger partial charge is 0.480 e. The molecule has 1 aromatic heterocycles. The molecule has 1 aliphatic rings. The highest BCUT2D eigenvalue weighted by molar-refractivity contribution is 7.09. The summed E-state index contributed by atoms with van der Waals surface area (Å²) in [6.45, 7) is 4.28. The first kappa shape index (κ1) is 14.7. The lowest BCUT2D eigenvalue weighted by molar-refractivity contribution is -0.152. The van der Waals surface area contributed by atoms with E-state index in [0.29, 0.717) is 6.54 Å². The molecule has 6 heteroatoms. The highest BCUT2D eigenvalue weighted by Crippen LogP contribution is 2.24. The minimum atomic E-state index is -0.927. The fraction of sp³-hybridized carbons (Fsp3) is 0.500. The Morgan fingerprint density at radius 3 is 2.90 bits per heavy atom. The van der Waals surface area contributed by atoms with Gasteiger partial charge in [-0.3, -0.25) is 4.79 Å². The first-order valence-corrected chi connectivity index (χ1v) is 7.50. The molecule has 108 valence electrons. The van der Waals surface area contributed by atoms with E-state index >= 15 is 0 Å². The lowest BCUT2D eigenvalue weighted by Gasteiger charge is -2.36. The van der Waals surface area contributed by atoms with Crippen LogP contribution in [0.3, 0.4) is 0 Å². The molecule has 1 fully saturated rings. The van der Waals surface area contributed by atoms with E-state index in [9.17, 15) is 14.7 Å². The van der Waals surface area contributed by atoms with E-state index in [4.69, 9.17) is 0 Å². The number of carbonyl (C=O) groups is 2. The number of amides is 1. The maximum Gasteiger partial charge on any atom is 0.326 e. The number of aliphatic carboxylic acids is 1. The van der Waals surface area contributed by atoms with Crippen molar-refractivity contribution >= 4 is 29.3 Å². The van der Waals surface area contributed by atoms with E-state index in [1.54, 1.807) is 6.08 Å². The molecule has 0 saturated carbocycles. The Labute approximate surface area is 121 Å². The van der Waals surface area contributed by atoms with Gasteiger partial charge in [-0.15, -0.1) is 11.3 Å². The molecule has 0 aliphatic carbocycles. The molecule has 1 aromatic rings. The number of nitrogens with zero attached hydrogens (tertiary/aromatic N) is 2. The van der Waals surface area contributed by atoms with Crippen molar-refractivity contribution in [1.29, 1.82) is 0 Å². The molecule has 2 rings (SSSR count). The van der Waals surface area contributed by atoms with Gasteiger partial charge in [-0.25, -0.2) is 9.78 Å². The van der Waals surface area contributed by atoms with Gasteiger partial charge >= 0.3 is 5.97 Å². The molecule has 2 heterocycles. The second-order valence-corrected chi connectivity index (χ2v) is 6.12. The van der Waals surface area contributed by atoms with Crippen molar-refractivity contribution in [2.75, 3.05) is 6.54 Å². The molecule has 0 aromatic carbocycles. The molecule has 1 aliphatic heterocycles. The maximum atomic E-state index is 12.2. The number of carboxylic acids is 1. The number of thiazole rings is 1. The number of hydrogen-bond acceptors (Lipinski definition) is 4. The Kier molecular flexibility index (Phi) is 4.54. The number of piperidine rings is 1. The molecule has 0 radical (unpaired) electrons. The highest BCUT2D eigenvalue weighted by Gasteiger charge is 2.36. The topological polar surface area (TPSA) is 70.5 Å². The molecule has 1 saturated heterocycles. The zero-order chi connectivity index (χ0) is 14.7. The van der Waals surface area contributed by atoms with Crippen molar-refractivity contribution in [3.05, 3.63) is 22.2 Å². The predicted molar refractivity (Wildman–Crippen MR) is 77.4 cm³/mol. The summed E-state index contributed by atoms with van der Waals surface area (Å²) in [7, 11) is 0. The van der Waals surface area contributed by atoms with Crippen LogP contribution >= 0.6 is 11.3 Å². The average molecular weight is 294 g/mol. The lowest BCUT2D eigenvalue weighted by Crippen LogP contribution is -2.51. The van der Waals surface area contributed by atoms with Crippen LogP contribution in [0.4, 0.5) is 0 Å². The van der Waals surface area contributed by atoms with Crippen LogP contribution in [0.1, 0.15) is 30.5 Å². The number of likely N-dealkylation sites (tertiary alicyclic amines) is 1. The second kappa shape index (κ2) is 6.17. The summed E-state index contributed by atoms with van der Waals surface area (Å²) in [4.78, 5) is 29.2. The second-order valence-electron chi connectivity index (χ2n) is 5.06. The molecule has 5 nitrogen and oxygen atoms in total. The van der Waals surface area contributed by atoms with Gasteiger partial charge in [0.2, 0.25) is 5.91 Å². The van der Waals surface area contributed by atoms with Gasteiger partial charge in [0, 0.05) is 18.0 Å². The van der Waals surface area contributed by atoms with E-state index in [-0.39, 0.29) is 11.8 Å². The first-order chi connectivity index (χ1) is 9.49. The number of carbonyl (C=O) groups excluding carboxylic acids is 1. The van der Waals surface area contributed by atoms with Crippen LogP contribution in [-0.4, -0.2) is 39.5 Å². The number of aromatic nitrogens is 1. The van der Waals surface area contributed by atoms with Crippen LogP contribution in [0.15, 0.2) is 11.5 Å². The Morgan fingerprint density at radius 2 is 2.30 bits per heavy atom. The summed E-state index contributed by atoms with van der Waals surface area (Å²) in [5.41, 5.74) is 0.734. The van der Waals surface area contributed by atoms with Crippen molar-refractivity contribution in [1.82, 2.24) is 9.88 Å². The van der Waals surface area contributed by atoms with E-state index in [2.05, 4.69) is 4.98 Å². The van der Waals surface area contributed by atoms with Gasteiger partial charge in [0.05, 0.1) is 10.7 Å². The number of hydrogen-bond donors (Lipinski definition) is 1. The summed E-state index contributed by atoms with van der Waals surface area (Å²) in [5, 5.41) is 12.1. The van der Waals surface area contributed by atoms with Crippen molar-refractivity contribution in [3.8, 4) is 0 Å². The lowest BCUT2D eigenvalue weighted by atomic mass is 9.90. The van der Waals surface area contributed by atoms with Crippen molar-refractivity contribution in [2.45, 2.75) is 32.7 Å². The van der Waals surface area contributed by atoms with Gasteiger partial charge in [0.25, 0.3) is 0 Å². The fourth-order valence-electron chi connectivity index (χ4n) is 2.52. The van der Waals surface area contributed by atoms with E-state index in [1.165, 1.54) is 22.3 Å². The monoisotopic (exact) mass is 294 g/mol. The number of rotatable bonds is 3. The van der Waals surface area contributed by atoms with Gasteiger partial charge in [-0.1, -0.05) is 6.92 Å². The molecule has 0 bridgehead atoms. The van der Waals surface area contributed by atoms with Crippen LogP contribution in [0, 0.1) is 12.8 Å². The standard InChI is InChI=1S/C14H18N2O3S/c1-9-4-3-7-16(13(9)14(18)19)12(17)6-5-11-8-20-10(2)15-11/h5-6,8-9,13H,3-4,7H2,1-2H3,(H,18,19)/b6-5+. The summed E-state index contributed by atoms with van der Waals surface area (Å²) in [6, 6.07) is -0.724. The Hall–Kier alpha value is -1.69. The summed E-state index contributed by atoms with van der Waals surface area (Å²) < 4.78 is 0. The molecule has 1 amide bonds. The molecular formula is C14H18N2O3S. The van der Waals surface area contributed by atoms with E-state index < -0.39 is 12.0 Å². The van der Waals surface area contributed by atoms with Crippen LogP contribution in [0.5, 0.6) is 0 Å². The van der Waals surface area contributed by atoms with E-state index in [0.717, 1.165) is 23.5 Å². The van der Waals surface area contributed by atoms with E-state index in [1.807, 2.05) is 19.2 Å². The number of carboxylic acid groups (broad SMARTS) is 1. The highest BCUT2D eigenvalue weighted by atomic mass is 32.1. The predicted octanol–water partition coefficient (Wildman–Crippen LogP) is 2.18. The van der Waals surface area contributed by atoms with Crippen LogP contribution in [0.2, 0.25) is 0 Å². The molecule has 1 N–H and O–H groups in total. The Bertz CT molecular complexity index is 538. The molecule has 2 atom stereocenters. The number of aryl methyl sites for hydroxylation is 1. The zero-order valence-electron chi connectivity index (χ0n) is 11.6. The van der Waals surface area contributed by atoms with Crippen molar-refractivity contribution in [2.24, 2.45) is 5.92 Å². The summed E-state index contributed by atoms with van der Waals surface area (Å²) in [6.07, 6.45) is 4.75. The van der Waals surface area contributed by atoms with Gasteiger partial charge in [-0.2, -0.15) is 0 Å². The fourth-order valence-corrected chi connectivity index (χ4v) is 3.10. The average Bonchev–Trinajstić information content (AvgIpc) is 2.81. The minimum Gasteiger partial charge on any atom is -0.480 e. The molecule has 0 spiro atoms. The smallest absolute Gasteiger partial charge is 0.326 e. The third-order valence-electron chi connectivity index (χ3n) is 3.50. The summed E-state index contributed by atoms with van der Waals surface area (Å²) in [5.74, 6) is -1.20. The van der Waals surface area contributed by atoms with Crippen molar-refractivity contribution < 1.29 is 14.7 Å². The molecule has 20 heavy (non-hydrogen) atoms.